The first kappa shape index (κ1) is 16.0. The maximum Gasteiger partial charge on any atom is 0.340 e. The van der Waals surface area contributed by atoms with Crippen molar-refractivity contribution in [3.8, 4) is 0 Å². The van der Waals surface area contributed by atoms with Crippen molar-refractivity contribution in [2.75, 3.05) is 0 Å². The van der Waals surface area contributed by atoms with Gasteiger partial charge >= 0.3 is 5.97 Å². The minimum Gasteiger partial charge on any atom is -0.449 e. The molecule has 1 amide bonds. The Labute approximate surface area is 134 Å². The largest absolute Gasteiger partial charge is 0.449 e. The molecule has 2 aromatic rings. The highest BCUT2D eigenvalue weighted by atomic mass is 35.5. The number of ether oxygens (including phenoxy) is 1. The highest BCUT2D eigenvalue weighted by molar-refractivity contribution is 6.33. The number of nitrogens with one attached hydrogen (secondary N) is 1. The smallest absolute Gasteiger partial charge is 0.340 e. The van der Waals surface area contributed by atoms with Gasteiger partial charge in [0, 0.05) is 6.54 Å². The second-order valence-electron chi connectivity index (χ2n) is 4.73. The van der Waals surface area contributed by atoms with Crippen molar-refractivity contribution in [3.63, 3.8) is 0 Å². The number of benzene rings is 2. The van der Waals surface area contributed by atoms with Gasteiger partial charge in [-0.1, -0.05) is 54.1 Å². The molecule has 0 aromatic heterocycles. The van der Waals surface area contributed by atoms with Crippen molar-refractivity contribution in [2.24, 2.45) is 0 Å². The molecule has 114 valence electrons. The van der Waals surface area contributed by atoms with Crippen LogP contribution >= 0.6 is 11.6 Å². The zero-order chi connectivity index (χ0) is 15.9. The maximum absolute atomic E-state index is 12.0. The first-order chi connectivity index (χ1) is 10.6. The van der Waals surface area contributed by atoms with Gasteiger partial charge in [-0.3, -0.25) is 4.79 Å². The molecule has 0 fully saturated rings. The Morgan fingerprint density at radius 2 is 1.73 bits per heavy atom. The fraction of sp³-hybridized carbons (Fsp3) is 0.176. The summed E-state index contributed by atoms with van der Waals surface area (Å²) >= 11 is 5.92. The summed E-state index contributed by atoms with van der Waals surface area (Å²) < 4.78 is 5.13. The first-order valence-electron chi connectivity index (χ1n) is 6.85. The zero-order valence-electron chi connectivity index (χ0n) is 12.1. The van der Waals surface area contributed by atoms with Gasteiger partial charge < -0.3 is 10.1 Å². The molecule has 0 heterocycles. The van der Waals surface area contributed by atoms with Crippen molar-refractivity contribution >= 4 is 23.5 Å². The van der Waals surface area contributed by atoms with Crippen LogP contribution in [-0.2, 0) is 16.1 Å². The van der Waals surface area contributed by atoms with E-state index in [9.17, 15) is 9.59 Å². The van der Waals surface area contributed by atoms with E-state index in [1.807, 2.05) is 30.3 Å². The van der Waals surface area contributed by atoms with Crippen LogP contribution in [-0.4, -0.2) is 18.0 Å². The van der Waals surface area contributed by atoms with Crippen LogP contribution in [0.15, 0.2) is 54.6 Å². The molecule has 0 aliphatic rings. The Balaban J connectivity index is 1.89. The fourth-order valence-corrected chi connectivity index (χ4v) is 2.05. The topological polar surface area (TPSA) is 55.4 Å². The standard InChI is InChI=1S/C17H16ClNO3/c1-12(16(20)19-11-13-7-3-2-4-8-13)22-17(21)14-9-5-6-10-15(14)18/h2-10,12H,11H2,1H3,(H,19,20)/t12-/m1/s1. The molecule has 0 aliphatic carbocycles. The third kappa shape index (κ3) is 4.33. The van der Waals surface area contributed by atoms with E-state index in [-0.39, 0.29) is 11.5 Å². The summed E-state index contributed by atoms with van der Waals surface area (Å²) in [6, 6.07) is 16.0. The highest BCUT2D eigenvalue weighted by Crippen LogP contribution is 2.16. The molecule has 0 saturated carbocycles. The van der Waals surface area contributed by atoms with Gasteiger partial charge in [0.2, 0.25) is 0 Å². The fourth-order valence-electron chi connectivity index (χ4n) is 1.83. The van der Waals surface area contributed by atoms with Crippen LogP contribution in [0.4, 0.5) is 0 Å². The van der Waals surface area contributed by atoms with Gasteiger partial charge in [0.1, 0.15) is 0 Å². The summed E-state index contributed by atoms with van der Waals surface area (Å²) in [4.78, 5) is 23.9. The van der Waals surface area contributed by atoms with Crippen molar-refractivity contribution in [2.45, 2.75) is 19.6 Å². The maximum atomic E-state index is 12.0. The number of carbonyl (C=O) groups excluding carboxylic acids is 2. The van der Waals surface area contributed by atoms with Crippen LogP contribution in [0.1, 0.15) is 22.8 Å². The van der Waals surface area contributed by atoms with E-state index < -0.39 is 12.1 Å². The molecule has 0 saturated heterocycles. The molecule has 2 aromatic carbocycles. The molecule has 0 unspecified atom stereocenters. The van der Waals surface area contributed by atoms with Gasteiger partial charge in [0.25, 0.3) is 5.91 Å². The lowest BCUT2D eigenvalue weighted by atomic mass is 10.2. The summed E-state index contributed by atoms with van der Waals surface area (Å²) in [6.45, 7) is 1.91. The average Bonchev–Trinajstić information content (AvgIpc) is 2.53. The predicted molar refractivity (Wildman–Crippen MR) is 84.6 cm³/mol. The van der Waals surface area contributed by atoms with Gasteiger partial charge in [-0.15, -0.1) is 0 Å². The minimum atomic E-state index is -0.896. The molecule has 1 atom stereocenters. The monoisotopic (exact) mass is 317 g/mol. The molecular formula is C17H16ClNO3. The number of hydrogen-bond donors (Lipinski definition) is 1. The number of halogens is 1. The SMILES string of the molecule is C[C@@H](OC(=O)c1ccccc1Cl)C(=O)NCc1ccccc1. The minimum absolute atomic E-state index is 0.242. The third-order valence-electron chi connectivity index (χ3n) is 3.06. The molecule has 0 aliphatic heterocycles. The van der Waals surface area contributed by atoms with Crippen molar-refractivity contribution in [1.29, 1.82) is 0 Å². The highest BCUT2D eigenvalue weighted by Gasteiger charge is 2.19. The van der Waals surface area contributed by atoms with Crippen molar-refractivity contribution < 1.29 is 14.3 Å². The second kappa shape index (κ2) is 7.61. The van der Waals surface area contributed by atoms with Crippen LogP contribution < -0.4 is 5.32 Å². The number of carbonyl (C=O) groups is 2. The number of rotatable bonds is 5. The lowest BCUT2D eigenvalue weighted by Gasteiger charge is -2.14. The zero-order valence-corrected chi connectivity index (χ0v) is 12.8. The van der Waals surface area contributed by atoms with E-state index >= 15 is 0 Å². The Morgan fingerprint density at radius 3 is 2.41 bits per heavy atom. The van der Waals surface area contributed by atoms with Crippen LogP contribution in [0.2, 0.25) is 5.02 Å². The van der Waals surface area contributed by atoms with E-state index in [0.717, 1.165) is 5.56 Å². The molecular weight excluding hydrogens is 302 g/mol. The average molecular weight is 318 g/mol. The molecule has 0 spiro atoms. The van der Waals surface area contributed by atoms with E-state index in [2.05, 4.69) is 5.32 Å². The molecule has 22 heavy (non-hydrogen) atoms. The Kier molecular flexibility index (Phi) is 5.55. The summed E-state index contributed by atoms with van der Waals surface area (Å²) in [5.41, 5.74) is 1.22. The molecule has 2 rings (SSSR count). The molecule has 4 nitrogen and oxygen atoms in total. The lowest BCUT2D eigenvalue weighted by molar-refractivity contribution is -0.129. The third-order valence-corrected chi connectivity index (χ3v) is 3.39. The van der Waals surface area contributed by atoms with Crippen LogP contribution in [0.3, 0.4) is 0 Å². The number of amides is 1. The van der Waals surface area contributed by atoms with E-state index in [1.54, 1.807) is 24.3 Å². The van der Waals surface area contributed by atoms with Gasteiger partial charge in [-0.05, 0) is 24.6 Å². The Morgan fingerprint density at radius 1 is 1.09 bits per heavy atom. The van der Waals surface area contributed by atoms with Crippen molar-refractivity contribution in [3.05, 3.63) is 70.7 Å². The lowest BCUT2D eigenvalue weighted by Crippen LogP contribution is -2.35. The van der Waals surface area contributed by atoms with E-state index in [4.69, 9.17) is 16.3 Å². The number of esters is 1. The molecule has 5 heteroatoms. The van der Waals surface area contributed by atoms with Crippen LogP contribution in [0.25, 0.3) is 0 Å². The number of hydrogen-bond acceptors (Lipinski definition) is 3. The van der Waals surface area contributed by atoms with Gasteiger partial charge in [0.15, 0.2) is 6.10 Å². The van der Waals surface area contributed by atoms with Gasteiger partial charge in [-0.25, -0.2) is 4.79 Å². The predicted octanol–water partition coefficient (Wildman–Crippen LogP) is 3.20. The Bertz CT molecular complexity index is 658. The summed E-state index contributed by atoms with van der Waals surface area (Å²) in [5.74, 6) is -0.975. The van der Waals surface area contributed by atoms with Gasteiger partial charge in [0.05, 0.1) is 10.6 Å². The normalized spacial score (nSPS) is 11.5. The van der Waals surface area contributed by atoms with E-state index in [0.29, 0.717) is 11.6 Å². The summed E-state index contributed by atoms with van der Waals surface area (Å²) in [5, 5.41) is 3.02. The van der Waals surface area contributed by atoms with E-state index in [1.165, 1.54) is 6.92 Å². The summed E-state index contributed by atoms with van der Waals surface area (Å²) in [7, 11) is 0. The van der Waals surface area contributed by atoms with Gasteiger partial charge in [-0.2, -0.15) is 0 Å². The van der Waals surface area contributed by atoms with Crippen molar-refractivity contribution in [1.82, 2.24) is 5.32 Å². The molecule has 0 bridgehead atoms. The second-order valence-corrected chi connectivity index (χ2v) is 5.14. The quantitative estimate of drug-likeness (QED) is 0.862. The first-order valence-corrected chi connectivity index (χ1v) is 7.23. The van der Waals surface area contributed by atoms with Crippen LogP contribution in [0.5, 0.6) is 0 Å². The summed E-state index contributed by atoms with van der Waals surface area (Å²) in [6.07, 6.45) is -0.896. The Hall–Kier alpha value is -2.33. The molecule has 1 N–H and O–H groups in total. The van der Waals surface area contributed by atoms with Crippen LogP contribution in [0, 0.1) is 0 Å². The molecule has 0 radical (unpaired) electrons.